The van der Waals surface area contributed by atoms with Crippen molar-refractivity contribution >= 4 is 11.6 Å². The lowest BCUT2D eigenvalue weighted by Crippen LogP contribution is -2.17. The van der Waals surface area contributed by atoms with Crippen molar-refractivity contribution in [3.8, 4) is 16.9 Å². The van der Waals surface area contributed by atoms with Crippen LogP contribution in [0.5, 0.6) is 5.75 Å². The highest BCUT2D eigenvalue weighted by molar-refractivity contribution is 6.31. The highest BCUT2D eigenvalue weighted by Gasteiger charge is 2.31. The van der Waals surface area contributed by atoms with Crippen LogP contribution in [0.2, 0.25) is 5.02 Å². The van der Waals surface area contributed by atoms with E-state index in [0.717, 1.165) is 0 Å². The van der Waals surface area contributed by atoms with E-state index in [2.05, 4.69) is 4.74 Å². The van der Waals surface area contributed by atoms with Gasteiger partial charge in [-0.15, -0.1) is 13.2 Å². The largest absolute Gasteiger partial charge is 0.573 e. The Labute approximate surface area is 118 Å². The van der Waals surface area contributed by atoms with E-state index in [4.69, 9.17) is 17.3 Å². The molecule has 0 fully saturated rings. The zero-order valence-electron chi connectivity index (χ0n) is 10.2. The Morgan fingerprint density at radius 1 is 1.10 bits per heavy atom. The summed E-state index contributed by atoms with van der Waals surface area (Å²) in [5.41, 5.74) is 7.56. The molecule has 0 saturated heterocycles. The van der Waals surface area contributed by atoms with Gasteiger partial charge in [0.05, 0.1) is 0 Å². The molecular weight excluding hydrogens is 291 g/mol. The number of hydrogen-bond acceptors (Lipinski definition) is 2. The van der Waals surface area contributed by atoms with Crippen LogP contribution in [0.4, 0.5) is 13.2 Å². The fourth-order valence-electron chi connectivity index (χ4n) is 1.90. The molecule has 106 valence electrons. The smallest absolute Gasteiger partial charge is 0.406 e. The molecule has 20 heavy (non-hydrogen) atoms. The second-order valence-electron chi connectivity index (χ2n) is 4.05. The van der Waals surface area contributed by atoms with Crippen LogP contribution in [0.15, 0.2) is 42.5 Å². The number of alkyl halides is 3. The second-order valence-corrected chi connectivity index (χ2v) is 4.45. The zero-order chi connectivity index (χ0) is 14.8. The molecule has 2 aromatic rings. The zero-order valence-corrected chi connectivity index (χ0v) is 11.0. The molecule has 0 aliphatic rings. The van der Waals surface area contributed by atoms with Crippen LogP contribution in [0, 0.1) is 0 Å². The Bertz CT molecular complexity index is 614. The normalized spacial score (nSPS) is 11.4. The van der Waals surface area contributed by atoms with Crippen molar-refractivity contribution in [1.29, 1.82) is 0 Å². The Morgan fingerprint density at radius 2 is 1.80 bits per heavy atom. The fourth-order valence-corrected chi connectivity index (χ4v) is 2.15. The molecule has 0 bridgehead atoms. The van der Waals surface area contributed by atoms with Crippen molar-refractivity contribution < 1.29 is 17.9 Å². The van der Waals surface area contributed by atoms with Crippen molar-refractivity contribution in [1.82, 2.24) is 0 Å². The molecule has 0 aliphatic carbocycles. The summed E-state index contributed by atoms with van der Waals surface area (Å²) in [7, 11) is 0. The molecule has 2 N–H and O–H groups in total. The molecule has 0 unspecified atom stereocenters. The van der Waals surface area contributed by atoms with Gasteiger partial charge in [0.1, 0.15) is 5.75 Å². The van der Waals surface area contributed by atoms with Crippen molar-refractivity contribution in [2.75, 3.05) is 0 Å². The lowest BCUT2D eigenvalue weighted by Gasteiger charge is -2.13. The van der Waals surface area contributed by atoms with E-state index in [1.807, 2.05) is 0 Å². The van der Waals surface area contributed by atoms with Gasteiger partial charge < -0.3 is 10.5 Å². The molecule has 2 nitrogen and oxygen atoms in total. The molecule has 0 heterocycles. The quantitative estimate of drug-likeness (QED) is 0.914. The van der Waals surface area contributed by atoms with Crippen LogP contribution in [-0.4, -0.2) is 6.36 Å². The van der Waals surface area contributed by atoms with Crippen LogP contribution in [0.3, 0.4) is 0 Å². The van der Waals surface area contributed by atoms with Gasteiger partial charge in [-0.2, -0.15) is 0 Å². The maximum atomic E-state index is 12.2. The average molecular weight is 302 g/mol. The van der Waals surface area contributed by atoms with Gasteiger partial charge in [0.25, 0.3) is 0 Å². The SMILES string of the molecule is NCc1c(Cl)cccc1-c1cccc(OC(F)(F)F)c1. The van der Waals surface area contributed by atoms with Crippen LogP contribution in [0.1, 0.15) is 5.56 Å². The summed E-state index contributed by atoms with van der Waals surface area (Å²) < 4.78 is 40.6. The molecule has 2 rings (SSSR count). The van der Waals surface area contributed by atoms with Crippen LogP contribution in [-0.2, 0) is 6.54 Å². The van der Waals surface area contributed by atoms with Crippen molar-refractivity contribution in [3.05, 3.63) is 53.1 Å². The molecule has 2 aromatic carbocycles. The van der Waals surface area contributed by atoms with Gasteiger partial charge >= 0.3 is 6.36 Å². The van der Waals surface area contributed by atoms with E-state index in [-0.39, 0.29) is 12.3 Å². The number of ether oxygens (including phenoxy) is 1. The molecule has 0 spiro atoms. The van der Waals surface area contributed by atoms with Gasteiger partial charge in [-0.25, -0.2) is 0 Å². The van der Waals surface area contributed by atoms with E-state index in [0.29, 0.717) is 21.7 Å². The van der Waals surface area contributed by atoms with Crippen LogP contribution >= 0.6 is 11.6 Å². The highest BCUT2D eigenvalue weighted by Crippen LogP contribution is 2.32. The van der Waals surface area contributed by atoms with Gasteiger partial charge in [0.2, 0.25) is 0 Å². The third-order valence-electron chi connectivity index (χ3n) is 2.70. The van der Waals surface area contributed by atoms with Gasteiger partial charge in [-0.1, -0.05) is 35.9 Å². The number of rotatable bonds is 3. The summed E-state index contributed by atoms with van der Waals surface area (Å²) >= 11 is 6.03. The molecular formula is C14H11ClF3NO. The first kappa shape index (κ1) is 14.7. The minimum Gasteiger partial charge on any atom is -0.406 e. The van der Waals surface area contributed by atoms with Crippen molar-refractivity contribution in [2.24, 2.45) is 5.73 Å². The number of nitrogens with two attached hydrogens (primary N) is 1. The van der Waals surface area contributed by atoms with E-state index < -0.39 is 6.36 Å². The van der Waals surface area contributed by atoms with Gasteiger partial charge in [-0.05, 0) is 34.9 Å². The van der Waals surface area contributed by atoms with E-state index >= 15 is 0 Å². The predicted molar refractivity (Wildman–Crippen MR) is 71.5 cm³/mol. The lowest BCUT2D eigenvalue weighted by atomic mass is 9.99. The second kappa shape index (κ2) is 5.73. The standard InChI is InChI=1S/C14H11ClF3NO/c15-13-6-2-5-11(12(13)8-19)9-3-1-4-10(7-9)20-14(16,17)18/h1-7H,8,19H2. The number of hydrogen-bond donors (Lipinski definition) is 1. The summed E-state index contributed by atoms with van der Waals surface area (Å²) in [6.45, 7) is 0.194. The van der Waals surface area contributed by atoms with Gasteiger partial charge in [-0.3, -0.25) is 0 Å². The molecule has 0 amide bonds. The first-order valence-electron chi connectivity index (χ1n) is 5.74. The summed E-state index contributed by atoms with van der Waals surface area (Å²) in [6.07, 6.45) is -4.72. The minimum atomic E-state index is -4.72. The molecule has 0 radical (unpaired) electrons. The molecule has 0 saturated carbocycles. The Morgan fingerprint density at radius 3 is 2.45 bits per heavy atom. The summed E-state index contributed by atoms with van der Waals surface area (Å²) in [6, 6.07) is 10.9. The summed E-state index contributed by atoms with van der Waals surface area (Å²) in [5.74, 6) is -0.280. The van der Waals surface area contributed by atoms with Crippen molar-refractivity contribution in [3.63, 3.8) is 0 Å². The van der Waals surface area contributed by atoms with Crippen LogP contribution in [0.25, 0.3) is 11.1 Å². The van der Waals surface area contributed by atoms with Gasteiger partial charge in [0, 0.05) is 11.6 Å². The van der Waals surface area contributed by atoms with E-state index in [9.17, 15) is 13.2 Å². The molecule has 0 aromatic heterocycles. The Balaban J connectivity index is 2.44. The van der Waals surface area contributed by atoms with Gasteiger partial charge in [0.15, 0.2) is 0 Å². The van der Waals surface area contributed by atoms with E-state index in [1.165, 1.54) is 18.2 Å². The molecule has 0 aliphatic heterocycles. The van der Waals surface area contributed by atoms with Crippen molar-refractivity contribution in [2.45, 2.75) is 12.9 Å². The third-order valence-corrected chi connectivity index (χ3v) is 3.06. The Hall–Kier alpha value is -1.72. The number of halogens is 4. The first-order valence-corrected chi connectivity index (χ1v) is 6.12. The third kappa shape index (κ3) is 3.43. The molecule has 6 heteroatoms. The maximum Gasteiger partial charge on any atom is 0.573 e. The topological polar surface area (TPSA) is 35.2 Å². The average Bonchev–Trinajstić information content (AvgIpc) is 2.36. The Kier molecular flexibility index (Phi) is 4.20. The monoisotopic (exact) mass is 301 g/mol. The highest BCUT2D eigenvalue weighted by atomic mass is 35.5. The summed E-state index contributed by atoms with van der Waals surface area (Å²) in [5, 5.41) is 0.479. The molecule has 0 atom stereocenters. The first-order chi connectivity index (χ1) is 9.40. The maximum absolute atomic E-state index is 12.2. The lowest BCUT2D eigenvalue weighted by molar-refractivity contribution is -0.274. The minimum absolute atomic E-state index is 0.194. The van der Waals surface area contributed by atoms with Crippen LogP contribution < -0.4 is 10.5 Å². The fraction of sp³-hybridized carbons (Fsp3) is 0.143. The number of benzene rings is 2. The summed E-state index contributed by atoms with van der Waals surface area (Å²) in [4.78, 5) is 0. The van der Waals surface area contributed by atoms with E-state index in [1.54, 1.807) is 24.3 Å². The predicted octanol–water partition coefficient (Wildman–Crippen LogP) is 4.36.